The summed E-state index contributed by atoms with van der Waals surface area (Å²) in [6.07, 6.45) is 0. The Morgan fingerprint density at radius 2 is 0.872 bits per heavy atom. The molecule has 0 saturated carbocycles. The summed E-state index contributed by atoms with van der Waals surface area (Å²) in [5.74, 6) is 1.84. The third-order valence-electron chi connectivity index (χ3n) is 7.99. The third-order valence-corrected chi connectivity index (χ3v) is 11.0. The molecule has 0 heterocycles. The summed E-state index contributed by atoms with van der Waals surface area (Å²) < 4.78 is 25.6. The Balaban J connectivity index is 1.81. The summed E-state index contributed by atoms with van der Waals surface area (Å²) in [6.45, 7) is 26.2. The van der Waals surface area contributed by atoms with Gasteiger partial charge in [-0.25, -0.2) is 0 Å². The summed E-state index contributed by atoms with van der Waals surface area (Å²) >= 11 is 0. The summed E-state index contributed by atoms with van der Waals surface area (Å²) in [4.78, 5) is 0. The first-order valence-electron chi connectivity index (χ1n) is 16.6. The average molecular weight is 655 g/mol. The Labute approximate surface area is 285 Å². The molecule has 0 bridgehead atoms. The molecule has 0 fully saturated rings. The second kappa shape index (κ2) is 15.4. The lowest BCUT2D eigenvalue weighted by molar-refractivity contribution is 0.00471. The summed E-state index contributed by atoms with van der Waals surface area (Å²) in [7, 11) is -0.983. The van der Waals surface area contributed by atoms with Crippen LogP contribution in [0, 0.1) is 13.8 Å². The van der Waals surface area contributed by atoms with Gasteiger partial charge in [-0.1, -0.05) is 135 Å². The molecule has 4 aromatic rings. The van der Waals surface area contributed by atoms with Crippen LogP contribution in [-0.4, -0.2) is 18.7 Å². The van der Waals surface area contributed by atoms with Gasteiger partial charge < -0.3 is 18.9 Å². The van der Waals surface area contributed by atoms with Crippen LogP contribution < -0.4 is 20.1 Å². The fourth-order valence-electron chi connectivity index (χ4n) is 5.78. The monoisotopic (exact) mass is 654 g/mol. The topological polar surface area (TPSA) is 36.9 Å². The molecule has 0 aromatic heterocycles. The van der Waals surface area contributed by atoms with Crippen molar-refractivity contribution in [3.8, 4) is 11.5 Å². The molecular weight excluding hydrogens is 599 g/mol. The first-order chi connectivity index (χ1) is 22.1. The molecule has 0 radical (unpaired) electrons. The minimum atomic E-state index is -0.983. The fraction of sp³-hybridized carbons (Fsp3) is 0.429. The van der Waals surface area contributed by atoms with Gasteiger partial charge in [-0.15, -0.1) is 0 Å². The Hall–Kier alpha value is -3.17. The third kappa shape index (κ3) is 9.92. The number of aryl methyl sites for hydroxylation is 2. The van der Waals surface area contributed by atoms with Crippen molar-refractivity contribution >= 4 is 18.5 Å². The van der Waals surface area contributed by atoms with E-state index < -0.39 is 7.92 Å². The number of benzene rings is 4. The van der Waals surface area contributed by atoms with Gasteiger partial charge in [0.05, 0.1) is 13.2 Å². The van der Waals surface area contributed by atoms with E-state index in [1.54, 1.807) is 0 Å². The second-order valence-corrected chi connectivity index (χ2v) is 18.5. The van der Waals surface area contributed by atoms with Crippen LogP contribution in [0.5, 0.6) is 11.5 Å². The molecule has 0 amide bonds. The zero-order chi connectivity index (χ0) is 34.4. The lowest BCUT2D eigenvalue weighted by Crippen LogP contribution is -2.32. The van der Waals surface area contributed by atoms with Crippen LogP contribution in [0.15, 0.2) is 84.9 Å². The molecule has 0 aliphatic carbocycles. The van der Waals surface area contributed by atoms with E-state index in [1.165, 1.54) is 32.9 Å². The van der Waals surface area contributed by atoms with Crippen molar-refractivity contribution in [2.24, 2.45) is 0 Å². The molecule has 4 aromatic carbocycles. The molecular formula is C42H55O4P. The van der Waals surface area contributed by atoms with E-state index >= 15 is 0 Å². The van der Waals surface area contributed by atoms with E-state index in [4.69, 9.17) is 18.9 Å². The lowest BCUT2D eigenvalue weighted by atomic mass is 9.85. The van der Waals surface area contributed by atoms with Crippen LogP contribution in [-0.2, 0) is 33.5 Å². The van der Waals surface area contributed by atoms with Crippen molar-refractivity contribution in [3.63, 3.8) is 0 Å². The Morgan fingerprint density at radius 1 is 0.511 bits per heavy atom. The molecule has 252 valence electrons. The van der Waals surface area contributed by atoms with Gasteiger partial charge in [-0.05, 0) is 72.1 Å². The largest absolute Gasteiger partial charge is 0.467 e. The summed E-state index contributed by atoms with van der Waals surface area (Å²) in [5.41, 5.74) is 6.78. The van der Waals surface area contributed by atoms with E-state index in [0.717, 1.165) is 22.6 Å². The molecule has 0 aliphatic heterocycles. The highest BCUT2D eigenvalue weighted by atomic mass is 31.1. The van der Waals surface area contributed by atoms with Crippen molar-refractivity contribution in [2.75, 3.05) is 13.6 Å². The number of hydrogen-bond donors (Lipinski definition) is 0. The molecule has 0 saturated heterocycles. The van der Waals surface area contributed by atoms with E-state index in [2.05, 4.69) is 125 Å². The van der Waals surface area contributed by atoms with E-state index in [1.807, 2.05) is 36.4 Å². The van der Waals surface area contributed by atoms with E-state index in [9.17, 15) is 0 Å². The molecule has 0 unspecified atom stereocenters. The van der Waals surface area contributed by atoms with Crippen LogP contribution in [0.1, 0.15) is 95.7 Å². The van der Waals surface area contributed by atoms with Gasteiger partial charge in [-0.3, -0.25) is 0 Å². The lowest BCUT2D eigenvalue weighted by Gasteiger charge is -2.37. The SMILES string of the molecule is Cc1cc(P(c2cc(C)cc(C(C)(C)C)c2OCOCc2ccccc2)C(C)(C)C)c(OCOCc2ccccc2)c(C(C)(C)C)c1. The normalized spacial score (nSPS) is 12.4. The molecule has 5 heteroatoms. The van der Waals surface area contributed by atoms with Gasteiger partial charge in [0.15, 0.2) is 13.6 Å². The predicted octanol–water partition coefficient (Wildman–Crippen LogP) is 10.2. The minimum absolute atomic E-state index is 0.118. The molecule has 0 N–H and O–H groups in total. The highest BCUT2D eigenvalue weighted by Crippen LogP contribution is 2.54. The fourth-order valence-corrected chi connectivity index (χ4v) is 8.93. The van der Waals surface area contributed by atoms with Gasteiger partial charge in [0.2, 0.25) is 0 Å². The average Bonchev–Trinajstić information content (AvgIpc) is 2.98. The zero-order valence-electron chi connectivity index (χ0n) is 30.5. The Morgan fingerprint density at radius 3 is 1.19 bits per heavy atom. The van der Waals surface area contributed by atoms with Gasteiger partial charge >= 0.3 is 0 Å². The first-order valence-corrected chi connectivity index (χ1v) is 18.0. The summed E-state index contributed by atoms with van der Waals surface area (Å²) in [5, 5.41) is 2.30. The Kier molecular flexibility index (Phi) is 12.0. The quantitative estimate of drug-likeness (QED) is 0.0866. The highest BCUT2D eigenvalue weighted by Gasteiger charge is 2.37. The van der Waals surface area contributed by atoms with Crippen molar-refractivity contribution in [1.29, 1.82) is 0 Å². The van der Waals surface area contributed by atoms with Crippen LogP contribution in [0.3, 0.4) is 0 Å². The van der Waals surface area contributed by atoms with E-state index in [0.29, 0.717) is 13.2 Å². The van der Waals surface area contributed by atoms with Gasteiger partial charge in [0.1, 0.15) is 11.5 Å². The Bertz CT molecular complexity index is 1480. The second-order valence-electron chi connectivity index (χ2n) is 15.5. The highest BCUT2D eigenvalue weighted by molar-refractivity contribution is 7.74. The van der Waals surface area contributed by atoms with Crippen molar-refractivity contribution < 1.29 is 18.9 Å². The maximum atomic E-state index is 6.71. The van der Waals surface area contributed by atoms with Crippen molar-refractivity contribution in [3.05, 3.63) is 118 Å². The van der Waals surface area contributed by atoms with Gasteiger partial charge in [0.25, 0.3) is 0 Å². The number of hydrogen-bond acceptors (Lipinski definition) is 4. The molecule has 4 rings (SSSR count). The number of ether oxygens (including phenoxy) is 4. The maximum Gasteiger partial charge on any atom is 0.189 e. The van der Waals surface area contributed by atoms with Gasteiger partial charge in [-0.2, -0.15) is 0 Å². The molecule has 0 spiro atoms. The molecule has 47 heavy (non-hydrogen) atoms. The van der Waals surface area contributed by atoms with Gasteiger partial charge in [0, 0.05) is 21.7 Å². The first kappa shape index (κ1) is 36.7. The molecule has 0 atom stereocenters. The summed E-state index contributed by atoms with van der Waals surface area (Å²) in [6, 6.07) is 29.7. The van der Waals surface area contributed by atoms with Crippen LogP contribution in [0.25, 0.3) is 0 Å². The smallest absolute Gasteiger partial charge is 0.189 e. The van der Waals surface area contributed by atoms with Crippen molar-refractivity contribution in [2.45, 2.75) is 105 Å². The minimum Gasteiger partial charge on any atom is -0.467 e. The van der Waals surface area contributed by atoms with Crippen LogP contribution >= 0.6 is 7.92 Å². The van der Waals surface area contributed by atoms with Crippen molar-refractivity contribution in [1.82, 2.24) is 0 Å². The molecule has 4 nitrogen and oxygen atoms in total. The van der Waals surface area contributed by atoms with Crippen LogP contribution in [0.4, 0.5) is 0 Å². The number of rotatable bonds is 12. The zero-order valence-corrected chi connectivity index (χ0v) is 31.4. The maximum absolute atomic E-state index is 6.71. The standard InChI is InChI=1S/C42H55O4P/c1-30-22-34(40(3,4)5)38(45-28-43-26-32-18-14-12-15-19-32)36(24-30)47(42(9,10)11)37-25-31(2)23-35(41(6,7)8)39(37)46-29-44-27-33-20-16-13-17-21-33/h12-25H,26-29H2,1-11H3. The van der Waals surface area contributed by atoms with Crippen LogP contribution in [0.2, 0.25) is 0 Å². The predicted molar refractivity (Wildman–Crippen MR) is 199 cm³/mol. The molecule has 0 aliphatic rings. The van der Waals surface area contributed by atoms with E-state index in [-0.39, 0.29) is 29.6 Å².